The van der Waals surface area contributed by atoms with Gasteiger partial charge in [-0.05, 0) is 31.4 Å². The topological polar surface area (TPSA) is 75.5 Å². The second-order valence-corrected chi connectivity index (χ2v) is 7.48. The third kappa shape index (κ3) is 2.91. The van der Waals surface area contributed by atoms with Crippen molar-refractivity contribution in [2.24, 2.45) is 13.0 Å². The largest absolute Gasteiger partial charge is 0.338 e. The molecule has 1 aromatic heterocycles. The maximum absolute atomic E-state index is 13.2. The summed E-state index contributed by atoms with van der Waals surface area (Å²) < 4.78 is 1.47. The molecule has 4 heterocycles. The monoisotopic (exact) mass is 368 g/mol. The van der Waals surface area contributed by atoms with Gasteiger partial charge in [-0.25, -0.2) is 4.98 Å². The highest BCUT2D eigenvalue weighted by atomic mass is 16.2. The minimum atomic E-state index is -0.396. The van der Waals surface area contributed by atoms with E-state index in [0.717, 1.165) is 25.8 Å². The summed E-state index contributed by atoms with van der Waals surface area (Å²) >= 11 is 0. The average Bonchev–Trinajstić information content (AvgIpc) is 2.97. The summed E-state index contributed by atoms with van der Waals surface area (Å²) in [6.07, 6.45) is 2.61. The number of aryl methyl sites for hydroxylation is 1. The Morgan fingerprint density at radius 2 is 1.96 bits per heavy atom. The first-order valence-electron chi connectivity index (χ1n) is 9.56. The Balaban J connectivity index is 1.70. The number of piperidine rings is 1. The first-order chi connectivity index (χ1) is 13.0. The van der Waals surface area contributed by atoms with Crippen molar-refractivity contribution in [2.45, 2.75) is 32.2 Å². The van der Waals surface area contributed by atoms with Gasteiger partial charge in [-0.15, -0.1) is 0 Å². The molecule has 3 saturated heterocycles. The highest BCUT2D eigenvalue weighted by Crippen LogP contribution is 2.29. The predicted octanol–water partition coefficient (Wildman–Crippen LogP) is 1.41. The van der Waals surface area contributed by atoms with E-state index in [0.29, 0.717) is 24.1 Å². The van der Waals surface area contributed by atoms with Crippen LogP contribution >= 0.6 is 0 Å². The quantitative estimate of drug-likeness (QED) is 0.821. The van der Waals surface area contributed by atoms with E-state index in [9.17, 15) is 14.4 Å². The van der Waals surface area contributed by atoms with Crippen LogP contribution in [0.15, 0.2) is 29.1 Å². The van der Waals surface area contributed by atoms with Crippen LogP contribution in [0.3, 0.4) is 0 Å². The lowest BCUT2D eigenvalue weighted by atomic mass is 9.94. The van der Waals surface area contributed by atoms with Crippen molar-refractivity contribution >= 4 is 22.8 Å². The minimum Gasteiger partial charge on any atom is -0.338 e. The summed E-state index contributed by atoms with van der Waals surface area (Å²) in [5.74, 6) is -0.407. The lowest BCUT2D eigenvalue weighted by Crippen LogP contribution is -2.48. The van der Waals surface area contributed by atoms with Gasteiger partial charge in [-0.2, -0.15) is 0 Å². The number of hydrogen-bond donors (Lipinski definition) is 0. The Labute approximate surface area is 157 Å². The van der Waals surface area contributed by atoms with Crippen molar-refractivity contribution in [3.8, 4) is 0 Å². The van der Waals surface area contributed by atoms with E-state index in [4.69, 9.17) is 0 Å². The van der Waals surface area contributed by atoms with Gasteiger partial charge in [0.2, 0.25) is 5.91 Å². The van der Waals surface area contributed by atoms with Crippen LogP contribution in [0.4, 0.5) is 0 Å². The summed E-state index contributed by atoms with van der Waals surface area (Å²) in [5.41, 5.74) is 0.850. The van der Waals surface area contributed by atoms with E-state index < -0.39 is 5.56 Å². The Morgan fingerprint density at radius 1 is 1.19 bits per heavy atom. The molecule has 2 aromatic rings. The van der Waals surface area contributed by atoms with Gasteiger partial charge in [-0.1, -0.05) is 19.1 Å². The zero-order chi connectivity index (χ0) is 19.1. The van der Waals surface area contributed by atoms with Gasteiger partial charge in [0.1, 0.15) is 0 Å². The molecule has 2 amide bonds. The molecule has 0 aliphatic carbocycles. The number of fused-ring (bicyclic) bond motifs is 5. The molecule has 0 saturated carbocycles. The first-order valence-corrected chi connectivity index (χ1v) is 9.56. The summed E-state index contributed by atoms with van der Waals surface area (Å²) in [7, 11) is 1.65. The highest BCUT2D eigenvalue weighted by Gasteiger charge is 2.42. The number of carbonyl (C=O) groups excluding carboxylic acids is 2. The molecule has 2 unspecified atom stereocenters. The molecule has 3 fully saturated rings. The van der Waals surface area contributed by atoms with Crippen LogP contribution in [-0.2, 0) is 11.8 Å². The number of benzene rings is 1. The van der Waals surface area contributed by atoms with Gasteiger partial charge in [0.25, 0.3) is 11.5 Å². The Hall–Kier alpha value is -2.70. The number of nitrogens with zero attached hydrogens (tertiary/aromatic N) is 4. The smallest absolute Gasteiger partial charge is 0.282 e. The molecule has 2 bridgehead atoms. The highest BCUT2D eigenvalue weighted by molar-refractivity contribution is 5.94. The minimum absolute atomic E-state index is 0.0319. The number of aromatic nitrogens is 2. The fraction of sp³-hybridized carbons (Fsp3) is 0.500. The van der Waals surface area contributed by atoms with Crippen molar-refractivity contribution in [2.75, 3.05) is 19.6 Å². The summed E-state index contributed by atoms with van der Waals surface area (Å²) in [6.45, 7) is 3.61. The van der Waals surface area contributed by atoms with Crippen LogP contribution in [0.2, 0.25) is 0 Å². The normalized spacial score (nSPS) is 22.4. The maximum atomic E-state index is 13.2. The number of carbonyl (C=O) groups is 2. The van der Waals surface area contributed by atoms with E-state index >= 15 is 0 Å². The predicted molar refractivity (Wildman–Crippen MR) is 101 cm³/mol. The fourth-order valence-corrected chi connectivity index (χ4v) is 4.31. The molecule has 5 rings (SSSR count). The van der Waals surface area contributed by atoms with Gasteiger partial charge in [-0.3, -0.25) is 14.4 Å². The zero-order valence-electron chi connectivity index (χ0n) is 15.7. The SMILES string of the molecule is CCCN1C(=O)C2CCC1CN(C(=O)c1nc3ccccc3n(C)c1=O)C2. The Kier molecular flexibility index (Phi) is 4.45. The summed E-state index contributed by atoms with van der Waals surface area (Å²) in [5, 5.41) is 0. The zero-order valence-corrected chi connectivity index (χ0v) is 15.7. The standard InChI is InChI=1S/C20H24N4O3/c1-3-10-24-14-9-8-13(18(24)25)11-23(12-14)20(27)17-19(26)22(2)16-7-5-4-6-15(16)21-17/h4-7,13-14H,3,8-12H2,1-2H3. The molecular weight excluding hydrogens is 344 g/mol. The van der Waals surface area contributed by atoms with Crippen molar-refractivity contribution < 1.29 is 9.59 Å². The Bertz CT molecular complexity index is 967. The average molecular weight is 368 g/mol. The van der Waals surface area contributed by atoms with Crippen LogP contribution in [-0.4, -0.2) is 56.8 Å². The van der Waals surface area contributed by atoms with Crippen LogP contribution in [0.5, 0.6) is 0 Å². The van der Waals surface area contributed by atoms with Gasteiger partial charge in [0.15, 0.2) is 5.69 Å². The molecule has 7 heteroatoms. The van der Waals surface area contributed by atoms with Crippen LogP contribution in [0, 0.1) is 5.92 Å². The second-order valence-electron chi connectivity index (χ2n) is 7.48. The molecule has 0 N–H and O–H groups in total. The molecule has 2 atom stereocenters. The molecule has 3 aliphatic rings. The van der Waals surface area contributed by atoms with Gasteiger partial charge < -0.3 is 14.4 Å². The molecule has 1 aromatic carbocycles. The number of hydrogen-bond acceptors (Lipinski definition) is 4. The maximum Gasteiger partial charge on any atom is 0.282 e. The van der Waals surface area contributed by atoms with Crippen molar-refractivity contribution in [3.05, 3.63) is 40.3 Å². The van der Waals surface area contributed by atoms with E-state index in [2.05, 4.69) is 11.9 Å². The second kappa shape index (κ2) is 6.79. The van der Waals surface area contributed by atoms with Gasteiger partial charge in [0.05, 0.1) is 17.0 Å². The van der Waals surface area contributed by atoms with Crippen molar-refractivity contribution in [3.63, 3.8) is 0 Å². The van der Waals surface area contributed by atoms with Gasteiger partial charge >= 0.3 is 0 Å². The van der Waals surface area contributed by atoms with Crippen LogP contribution < -0.4 is 5.56 Å². The summed E-state index contributed by atoms with van der Waals surface area (Å²) in [4.78, 5) is 46.6. The molecule has 27 heavy (non-hydrogen) atoms. The molecule has 0 radical (unpaired) electrons. The van der Waals surface area contributed by atoms with E-state index in [1.165, 1.54) is 4.57 Å². The van der Waals surface area contributed by atoms with E-state index in [-0.39, 0.29) is 29.5 Å². The lowest BCUT2D eigenvalue weighted by Gasteiger charge is -2.35. The molecule has 3 aliphatic heterocycles. The third-order valence-electron chi connectivity index (χ3n) is 5.73. The van der Waals surface area contributed by atoms with Crippen molar-refractivity contribution in [1.29, 1.82) is 0 Å². The number of para-hydroxylation sites is 2. The van der Waals surface area contributed by atoms with Crippen LogP contribution in [0.25, 0.3) is 11.0 Å². The van der Waals surface area contributed by atoms with E-state index in [1.54, 1.807) is 18.0 Å². The number of rotatable bonds is 3. The first kappa shape index (κ1) is 17.7. The van der Waals surface area contributed by atoms with Crippen LogP contribution in [0.1, 0.15) is 36.7 Å². The molecular formula is C20H24N4O3. The van der Waals surface area contributed by atoms with E-state index in [1.807, 2.05) is 23.1 Å². The Morgan fingerprint density at radius 3 is 2.74 bits per heavy atom. The summed E-state index contributed by atoms with van der Waals surface area (Å²) in [6, 6.07) is 7.31. The number of amides is 2. The lowest BCUT2D eigenvalue weighted by molar-refractivity contribution is -0.139. The molecule has 0 spiro atoms. The van der Waals surface area contributed by atoms with Gasteiger partial charge in [0, 0.05) is 32.7 Å². The molecule has 142 valence electrons. The third-order valence-corrected chi connectivity index (χ3v) is 5.73. The molecule has 7 nitrogen and oxygen atoms in total. The fourth-order valence-electron chi connectivity index (χ4n) is 4.31. The van der Waals surface area contributed by atoms with Crippen molar-refractivity contribution in [1.82, 2.24) is 19.4 Å².